The molecule has 0 aliphatic carbocycles. The van der Waals surface area contributed by atoms with Crippen molar-refractivity contribution >= 4 is 23.2 Å². The third kappa shape index (κ3) is 2.17. The Bertz CT molecular complexity index is 324. The minimum atomic E-state index is 0.233. The van der Waals surface area contributed by atoms with Crippen LogP contribution in [0.1, 0.15) is 11.6 Å². The molecule has 0 bridgehead atoms. The summed E-state index contributed by atoms with van der Waals surface area (Å²) in [6.07, 6.45) is 1.59. The van der Waals surface area contributed by atoms with Crippen molar-refractivity contribution in [1.82, 2.24) is 15.6 Å². The summed E-state index contributed by atoms with van der Waals surface area (Å²) < 4.78 is 0. The highest BCUT2D eigenvalue weighted by molar-refractivity contribution is 6.32. The van der Waals surface area contributed by atoms with Gasteiger partial charge in [-0.25, -0.2) is 4.98 Å². The first-order valence-electron chi connectivity index (χ1n) is 4.52. The molecular formula is C9H11Cl2N3. The molecule has 1 aliphatic heterocycles. The molecule has 2 rings (SSSR count). The van der Waals surface area contributed by atoms with Gasteiger partial charge in [-0.3, -0.25) is 0 Å². The zero-order chi connectivity index (χ0) is 9.97. The maximum absolute atomic E-state index is 6.04. The molecule has 76 valence electrons. The minimum Gasteiger partial charge on any atom is -0.314 e. The quantitative estimate of drug-likeness (QED) is 0.722. The first-order chi connectivity index (χ1) is 6.77. The van der Waals surface area contributed by atoms with Crippen LogP contribution >= 0.6 is 23.2 Å². The first kappa shape index (κ1) is 10.2. The molecule has 0 spiro atoms. The Morgan fingerprint density at radius 3 is 2.93 bits per heavy atom. The standard InChI is InChI=1S/C9H11Cl2N3/c10-7-4-14-9(11)3-6(7)8-5-12-1-2-13-8/h3-4,8,12-13H,1-2,5H2/t8-/m1/s1. The highest BCUT2D eigenvalue weighted by atomic mass is 35.5. The van der Waals surface area contributed by atoms with Crippen LogP contribution in [0.2, 0.25) is 10.2 Å². The van der Waals surface area contributed by atoms with Gasteiger partial charge < -0.3 is 10.6 Å². The van der Waals surface area contributed by atoms with Gasteiger partial charge in [0, 0.05) is 31.9 Å². The highest BCUT2D eigenvalue weighted by Crippen LogP contribution is 2.24. The van der Waals surface area contributed by atoms with E-state index in [1.165, 1.54) is 0 Å². The predicted octanol–water partition coefficient (Wildman–Crippen LogP) is 1.62. The van der Waals surface area contributed by atoms with Gasteiger partial charge in [0.05, 0.1) is 5.02 Å². The molecule has 0 saturated carbocycles. The van der Waals surface area contributed by atoms with Crippen molar-refractivity contribution in [2.75, 3.05) is 19.6 Å². The lowest BCUT2D eigenvalue weighted by molar-refractivity contribution is 0.430. The van der Waals surface area contributed by atoms with Gasteiger partial charge in [-0.1, -0.05) is 23.2 Å². The Hall–Kier alpha value is -0.350. The summed E-state index contributed by atoms with van der Waals surface area (Å²) in [5.41, 5.74) is 1.01. The number of hydrogen-bond acceptors (Lipinski definition) is 3. The number of nitrogens with one attached hydrogen (secondary N) is 2. The van der Waals surface area contributed by atoms with Crippen LogP contribution in [0.5, 0.6) is 0 Å². The van der Waals surface area contributed by atoms with E-state index in [-0.39, 0.29) is 6.04 Å². The molecular weight excluding hydrogens is 221 g/mol. The monoisotopic (exact) mass is 231 g/mol. The molecule has 1 aromatic heterocycles. The summed E-state index contributed by atoms with van der Waals surface area (Å²) in [6, 6.07) is 2.05. The highest BCUT2D eigenvalue weighted by Gasteiger charge is 2.17. The molecule has 1 saturated heterocycles. The summed E-state index contributed by atoms with van der Waals surface area (Å²) in [5.74, 6) is 0. The molecule has 2 N–H and O–H groups in total. The molecule has 14 heavy (non-hydrogen) atoms. The van der Waals surface area contributed by atoms with Crippen molar-refractivity contribution in [2.24, 2.45) is 0 Å². The fourth-order valence-corrected chi connectivity index (χ4v) is 1.97. The summed E-state index contributed by atoms with van der Waals surface area (Å²) in [7, 11) is 0. The second kappa shape index (κ2) is 4.45. The van der Waals surface area contributed by atoms with E-state index >= 15 is 0 Å². The number of hydrogen-bond donors (Lipinski definition) is 2. The van der Waals surface area contributed by atoms with Crippen molar-refractivity contribution in [1.29, 1.82) is 0 Å². The molecule has 1 aromatic rings. The zero-order valence-electron chi connectivity index (χ0n) is 7.56. The summed E-state index contributed by atoms with van der Waals surface area (Å²) >= 11 is 11.9. The molecule has 1 aliphatic rings. The number of aromatic nitrogens is 1. The third-order valence-corrected chi connectivity index (χ3v) is 2.79. The van der Waals surface area contributed by atoms with E-state index in [2.05, 4.69) is 15.6 Å². The molecule has 2 heterocycles. The Labute approximate surface area is 92.8 Å². The topological polar surface area (TPSA) is 37.0 Å². The minimum absolute atomic E-state index is 0.233. The Balaban J connectivity index is 2.24. The number of nitrogens with zero attached hydrogens (tertiary/aromatic N) is 1. The maximum atomic E-state index is 6.04. The van der Waals surface area contributed by atoms with Gasteiger partial charge in [0.15, 0.2) is 0 Å². The van der Waals surface area contributed by atoms with Crippen molar-refractivity contribution in [2.45, 2.75) is 6.04 Å². The van der Waals surface area contributed by atoms with Gasteiger partial charge in [-0.15, -0.1) is 0 Å². The smallest absolute Gasteiger partial charge is 0.129 e. The Morgan fingerprint density at radius 2 is 2.21 bits per heavy atom. The van der Waals surface area contributed by atoms with Crippen LogP contribution in [0.15, 0.2) is 12.3 Å². The Morgan fingerprint density at radius 1 is 1.36 bits per heavy atom. The van der Waals surface area contributed by atoms with Crippen molar-refractivity contribution in [3.63, 3.8) is 0 Å². The molecule has 0 unspecified atom stereocenters. The number of rotatable bonds is 1. The number of halogens is 2. The van der Waals surface area contributed by atoms with Gasteiger partial charge >= 0.3 is 0 Å². The molecule has 5 heteroatoms. The number of pyridine rings is 1. The molecule has 1 fully saturated rings. The molecule has 0 aromatic carbocycles. The van der Waals surface area contributed by atoms with Gasteiger partial charge in [0.1, 0.15) is 5.15 Å². The maximum Gasteiger partial charge on any atom is 0.129 e. The Kier molecular flexibility index (Phi) is 3.23. The summed E-state index contributed by atoms with van der Waals surface area (Å²) in [6.45, 7) is 2.81. The normalized spacial score (nSPS) is 22.3. The lowest BCUT2D eigenvalue weighted by Crippen LogP contribution is -2.42. The van der Waals surface area contributed by atoms with Gasteiger partial charge in [-0.05, 0) is 11.6 Å². The van der Waals surface area contributed by atoms with Gasteiger partial charge in [0.2, 0.25) is 0 Å². The zero-order valence-corrected chi connectivity index (χ0v) is 9.07. The van der Waals surface area contributed by atoms with E-state index in [1.54, 1.807) is 6.20 Å². The first-order valence-corrected chi connectivity index (χ1v) is 5.28. The van der Waals surface area contributed by atoms with Crippen molar-refractivity contribution in [3.8, 4) is 0 Å². The molecule has 0 radical (unpaired) electrons. The van der Waals surface area contributed by atoms with Crippen LogP contribution < -0.4 is 10.6 Å². The second-order valence-corrected chi connectivity index (χ2v) is 4.03. The molecule has 1 atom stereocenters. The van der Waals surface area contributed by atoms with Crippen molar-refractivity contribution in [3.05, 3.63) is 28.0 Å². The van der Waals surface area contributed by atoms with E-state index in [9.17, 15) is 0 Å². The van der Waals surface area contributed by atoms with E-state index in [0.29, 0.717) is 10.2 Å². The van der Waals surface area contributed by atoms with Crippen LogP contribution in [-0.4, -0.2) is 24.6 Å². The SMILES string of the molecule is Clc1cc([C@H]2CNCCN2)c(Cl)cn1. The fraction of sp³-hybridized carbons (Fsp3) is 0.444. The predicted molar refractivity (Wildman–Crippen MR) is 57.9 cm³/mol. The van der Waals surface area contributed by atoms with E-state index in [1.807, 2.05) is 6.07 Å². The van der Waals surface area contributed by atoms with Crippen molar-refractivity contribution < 1.29 is 0 Å². The molecule has 3 nitrogen and oxygen atoms in total. The lowest BCUT2D eigenvalue weighted by atomic mass is 10.1. The van der Waals surface area contributed by atoms with E-state index < -0.39 is 0 Å². The van der Waals surface area contributed by atoms with Crippen LogP contribution in [0.4, 0.5) is 0 Å². The third-order valence-electron chi connectivity index (χ3n) is 2.27. The van der Waals surface area contributed by atoms with Gasteiger partial charge in [0.25, 0.3) is 0 Å². The van der Waals surface area contributed by atoms with E-state index in [0.717, 1.165) is 25.2 Å². The van der Waals surface area contributed by atoms with Crippen LogP contribution in [0.25, 0.3) is 0 Å². The summed E-state index contributed by atoms with van der Waals surface area (Å²) in [5, 5.41) is 7.81. The average Bonchev–Trinajstić information content (AvgIpc) is 2.23. The number of piperazine rings is 1. The molecule has 0 amide bonds. The second-order valence-electron chi connectivity index (χ2n) is 3.24. The largest absolute Gasteiger partial charge is 0.314 e. The summed E-state index contributed by atoms with van der Waals surface area (Å²) in [4.78, 5) is 3.92. The lowest BCUT2D eigenvalue weighted by Gasteiger charge is -2.25. The van der Waals surface area contributed by atoms with E-state index in [4.69, 9.17) is 23.2 Å². The van der Waals surface area contributed by atoms with Gasteiger partial charge in [-0.2, -0.15) is 0 Å². The average molecular weight is 232 g/mol. The fourth-order valence-electron chi connectivity index (χ4n) is 1.57. The van der Waals surface area contributed by atoms with Crippen LogP contribution in [0.3, 0.4) is 0 Å². The van der Waals surface area contributed by atoms with Crippen LogP contribution in [-0.2, 0) is 0 Å². The van der Waals surface area contributed by atoms with Crippen LogP contribution in [0, 0.1) is 0 Å².